The van der Waals surface area contributed by atoms with Gasteiger partial charge in [0.1, 0.15) is 5.60 Å². The van der Waals surface area contributed by atoms with Gasteiger partial charge in [-0.05, 0) is 26.3 Å². The van der Waals surface area contributed by atoms with Crippen LogP contribution in [0.5, 0.6) is 0 Å². The molecule has 0 aliphatic carbocycles. The maximum Gasteiger partial charge on any atom is 0.410 e. The molecule has 0 saturated carbocycles. The predicted molar refractivity (Wildman–Crippen MR) is 95.0 cm³/mol. The largest absolute Gasteiger partial charge is 0.469 e. The quantitative estimate of drug-likeness (QED) is 0.786. The van der Waals surface area contributed by atoms with Crippen LogP contribution in [0.4, 0.5) is 4.79 Å². The van der Waals surface area contributed by atoms with Gasteiger partial charge in [0.25, 0.3) is 0 Å². The highest BCUT2D eigenvalue weighted by atomic mass is 16.6. The molecule has 1 fully saturated rings. The van der Waals surface area contributed by atoms with Crippen LogP contribution in [-0.2, 0) is 20.8 Å². The predicted octanol–water partition coefficient (Wildman–Crippen LogP) is 2.53. The monoisotopic (exact) mass is 348 g/mol. The fourth-order valence-corrected chi connectivity index (χ4v) is 2.87. The van der Waals surface area contributed by atoms with Gasteiger partial charge in [-0.25, -0.2) is 4.79 Å². The van der Waals surface area contributed by atoms with Gasteiger partial charge >= 0.3 is 12.1 Å². The summed E-state index contributed by atoms with van der Waals surface area (Å²) in [6, 6.07) is 10.1. The Morgan fingerprint density at radius 3 is 2.40 bits per heavy atom. The van der Waals surface area contributed by atoms with E-state index in [2.05, 4.69) is 17.0 Å². The Labute approximate surface area is 149 Å². The van der Waals surface area contributed by atoms with Crippen molar-refractivity contribution < 1.29 is 19.1 Å². The van der Waals surface area contributed by atoms with E-state index in [1.54, 1.807) is 4.90 Å². The Balaban J connectivity index is 2.09. The van der Waals surface area contributed by atoms with Crippen molar-refractivity contribution in [3.63, 3.8) is 0 Å². The van der Waals surface area contributed by atoms with Crippen LogP contribution in [0.3, 0.4) is 0 Å². The van der Waals surface area contributed by atoms with Gasteiger partial charge in [0.15, 0.2) is 0 Å². The fraction of sp³-hybridized carbons (Fsp3) is 0.579. The summed E-state index contributed by atoms with van der Waals surface area (Å²) in [6.07, 6.45) is -0.386. The van der Waals surface area contributed by atoms with Gasteiger partial charge < -0.3 is 14.4 Å². The van der Waals surface area contributed by atoms with Crippen LogP contribution in [0.15, 0.2) is 30.3 Å². The second-order valence-corrected chi connectivity index (χ2v) is 7.37. The molecule has 1 aliphatic heterocycles. The average molecular weight is 348 g/mol. The lowest BCUT2D eigenvalue weighted by Crippen LogP contribution is -2.41. The van der Waals surface area contributed by atoms with Crippen LogP contribution in [0, 0.1) is 5.92 Å². The third kappa shape index (κ3) is 6.05. The Hall–Kier alpha value is -2.08. The molecule has 0 N–H and O–H groups in total. The van der Waals surface area contributed by atoms with Crippen LogP contribution >= 0.6 is 0 Å². The van der Waals surface area contributed by atoms with E-state index in [0.717, 1.165) is 6.54 Å². The summed E-state index contributed by atoms with van der Waals surface area (Å²) in [5.74, 6) is -0.683. The van der Waals surface area contributed by atoms with Crippen molar-refractivity contribution in [1.29, 1.82) is 0 Å². The van der Waals surface area contributed by atoms with E-state index in [1.807, 2.05) is 39.0 Å². The normalized spacial score (nSPS) is 19.2. The molecule has 0 aromatic heterocycles. The number of hydrogen-bond acceptors (Lipinski definition) is 5. The van der Waals surface area contributed by atoms with Crippen molar-refractivity contribution in [2.24, 2.45) is 5.92 Å². The first-order valence-electron chi connectivity index (χ1n) is 8.60. The third-order valence-corrected chi connectivity index (χ3v) is 4.04. The van der Waals surface area contributed by atoms with Gasteiger partial charge in [-0.2, -0.15) is 0 Å². The Kier molecular flexibility index (Phi) is 6.42. The first-order valence-corrected chi connectivity index (χ1v) is 8.60. The van der Waals surface area contributed by atoms with Crippen LogP contribution < -0.4 is 0 Å². The Morgan fingerprint density at radius 1 is 1.12 bits per heavy atom. The summed E-state index contributed by atoms with van der Waals surface area (Å²) in [4.78, 5) is 28.4. The lowest BCUT2D eigenvalue weighted by molar-refractivity contribution is -0.146. The maximum atomic E-state index is 12.4. The zero-order chi connectivity index (χ0) is 18.4. The number of benzene rings is 1. The average Bonchev–Trinajstić information content (AvgIpc) is 2.76. The molecule has 1 saturated heterocycles. The molecule has 6 heteroatoms. The van der Waals surface area contributed by atoms with Crippen LogP contribution in [0.1, 0.15) is 26.3 Å². The number of nitrogens with zero attached hydrogens (tertiary/aromatic N) is 2. The van der Waals surface area contributed by atoms with Gasteiger partial charge in [0.05, 0.1) is 13.0 Å². The SMILES string of the molecule is COC(=O)C1CN(Cc2ccccc2)CCN(C(=O)OC(C)(C)C)C1. The molecule has 2 rings (SSSR count). The number of amides is 1. The highest BCUT2D eigenvalue weighted by Gasteiger charge is 2.32. The molecular formula is C19H28N2O4. The van der Waals surface area contributed by atoms with Crippen LogP contribution in [0.2, 0.25) is 0 Å². The van der Waals surface area contributed by atoms with Gasteiger partial charge in [-0.1, -0.05) is 30.3 Å². The number of ether oxygens (including phenoxy) is 2. The first kappa shape index (κ1) is 19.2. The van der Waals surface area contributed by atoms with Gasteiger partial charge in [0, 0.05) is 32.7 Å². The molecule has 1 aromatic rings. The second kappa shape index (κ2) is 8.34. The molecule has 25 heavy (non-hydrogen) atoms. The number of methoxy groups -OCH3 is 1. The lowest BCUT2D eigenvalue weighted by atomic mass is 10.1. The molecule has 6 nitrogen and oxygen atoms in total. The third-order valence-electron chi connectivity index (χ3n) is 4.04. The molecule has 1 aliphatic rings. The zero-order valence-corrected chi connectivity index (χ0v) is 15.5. The van der Waals surface area contributed by atoms with E-state index < -0.39 is 5.60 Å². The maximum absolute atomic E-state index is 12.4. The number of carbonyl (C=O) groups excluding carboxylic acids is 2. The molecule has 1 aromatic carbocycles. The van der Waals surface area contributed by atoms with Crippen molar-refractivity contribution in [3.8, 4) is 0 Å². The molecule has 138 valence electrons. The van der Waals surface area contributed by atoms with E-state index in [9.17, 15) is 9.59 Å². The summed E-state index contributed by atoms with van der Waals surface area (Å²) >= 11 is 0. The van der Waals surface area contributed by atoms with Crippen molar-refractivity contribution in [3.05, 3.63) is 35.9 Å². The van der Waals surface area contributed by atoms with Crippen LogP contribution in [-0.4, -0.2) is 60.8 Å². The van der Waals surface area contributed by atoms with Crippen molar-refractivity contribution in [2.75, 3.05) is 33.3 Å². The van der Waals surface area contributed by atoms with E-state index in [0.29, 0.717) is 26.2 Å². The molecular weight excluding hydrogens is 320 g/mol. The number of carbonyl (C=O) groups is 2. The zero-order valence-electron chi connectivity index (χ0n) is 15.5. The summed E-state index contributed by atoms with van der Waals surface area (Å²) < 4.78 is 10.4. The molecule has 0 spiro atoms. The minimum Gasteiger partial charge on any atom is -0.469 e. The van der Waals surface area contributed by atoms with Crippen molar-refractivity contribution >= 4 is 12.1 Å². The van der Waals surface area contributed by atoms with E-state index in [4.69, 9.17) is 9.47 Å². The number of hydrogen-bond donors (Lipinski definition) is 0. The van der Waals surface area contributed by atoms with Gasteiger partial charge in [-0.3, -0.25) is 9.69 Å². The topological polar surface area (TPSA) is 59.1 Å². The Morgan fingerprint density at radius 2 is 1.80 bits per heavy atom. The fourth-order valence-electron chi connectivity index (χ4n) is 2.87. The summed E-state index contributed by atoms with van der Waals surface area (Å²) in [7, 11) is 1.38. The highest BCUT2D eigenvalue weighted by molar-refractivity contribution is 5.74. The number of esters is 1. The highest BCUT2D eigenvalue weighted by Crippen LogP contribution is 2.17. The van der Waals surface area contributed by atoms with E-state index in [1.165, 1.54) is 12.7 Å². The minimum atomic E-state index is -0.562. The summed E-state index contributed by atoms with van der Waals surface area (Å²) in [5, 5.41) is 0. The summed E-state index contributed by atoms with van der Waals surface area (Å²) in [5.41, 5.74) is 0.616. The van der Waals surface area contributed by atoms with Crippen molar-refractivity contribution in [2.45, 2.75) is 32.9 Å². The van der Waals surface area contributed by atoms with E-state index >= 15 is 0 Å². The molecule has 1 atom stereocenters. The van der Waals surface area contributed by atoms with Crippen molar-refractivity contribution in [1.82, 2.24) is 9.80 Å². The molecule has 0 radical (unpaired) electrons. The lowest BCUT2D eigenvalue weighted by Gasteiger charge is -2.27. The smallest absolute Gasteiger partial charge is 0.410 e. The standard InChI is InChI=1S/C19H28N2O4/c1-19(2,3)25-18(23)21-11-10-20(12-15-8-6-5-7-9-15)13-16(14-21)17(22)24-4/h5-9,16H,10-14H2,1-4H3. The molecule has 1 unspecified atom stereocenters. The Bertz CT molecular complexity index is 583. The summed E-state index contributed by atoms with van der Waals surface area (Å²) in [6.45, 7) is 8.31. The second-order valence-electron chi connectivity index (χ2n) is 7.37. The first-order chi connectivity index (χ1) is 11.8. The number of rotatable bonds is 3. The van der Waals surface area contributed by atoms with E-state index in [-0.39, 0.29) is 18.0 Å². The van der Waals surface area contributed by atoms with Crippen LogP contribution in [0.25, 0.3) is 0 Å². The minimum absolute atomic E-state index is 0.298. The van der Waals surface area contributed by atoms with Gasteiger partial charge in [-0.15, -0.1) is 0 Å². The molecule has 1 heterocycles. The molecule has 1 amide bonds. The molecule has 0 bridgehead atoms. The van der Waals surface area contributed by atoms with Gasteiger partial charge in [0.2, 0.25) is 0 Å².